The molecule has 0 atom stereocenters. The Kier molecular flexibility index (Phi) is 7.97. The Morgan fingerprint density at radius 1 is 0.861 bits per heavy atom. The summed E-state index contributed by atoms with van der Waals surface area (Å²) in [4.78, 5) is 9.28. The molecule has 0 spiro atoms. The average Bonchev–Trinajstić information content (AvgIpc) is 2.92. The van der Waals surface area contributed by atoms with Gasteiger partial charge in [0, 0.05) is 22.8 Å². The number of methoxy groups -OCH3 is 2. The fourth-order valence-electron chi connectivity index (χ4n) is 3.50. The molecule has 8 heteroatoms. The molecule has 0 aliphatic rings. The fourth-order valence-corrected chi connectivity index (χ4v) is 3.50. The summed E-state index contributed by atoms with van der Waals surface area (Å²) >= 11 is 0. The van der Waals surface area contributed by atoms with Crippen LogP contribution < -0.4 is 19.6 Å². The quantitative estimate of drug-likeness (QED) is 0.218. The number of ether oxygens (including phenoxy) is 3. The van der Waals surface area contributed by atoms with E-state index in [2.05, 4.69) is 20.5 Å². The van der Waals surface area contributed by atoms with E-state index in [1.807, 2.05) is 61.5 Å². The zero-order valence-electron chi connectivity index (χ0n) is 20.4. The summed E-state index contributed by atoms with van der Waals surface area (Å²) in [6, 6.07) is 22.4. The maximum Gasteiger partial charge on any atom is 0.244 e. The lowest BCUT2D eigenvalue weighted by molar-refractivity contribution is 0.315. The molecule has 2 N–H and O–H groups in total. The summed E-state index contributed by atoms with van der Waals surface area (Å²) < 4.78 is 16.4. The number of aromatic hydroxyl groups is 1. The Morgan fingerprint density at radius 3 is 2.31 bits per heavy atom. The van der Waals surface area contributed by atoms with E-state index in [9.17, 15) is 5.11 Å². The Bertz CT molecular complexity index is 1340. The Balaban J connectivity index is 1.64. The van der Waals surface area contributed by atoms with E-state index in [1.165, 1.54) is 6.21 Å². The molecule has 0 saturated carbocycles. The molecule has 0 aliphatic carbocycles. The molecule has 184 valence electrons. The van der Waals surface area contributed by atoms with E-state index in [0.29, 0.717) is 41.1 Å². The van der Waals surface area contributed by atoms with Crippen molar-refractivity contribution in [2.75, 3.05) is 26.3 Å². The fraction of sp³-hybridized carbons (Fsp3) is 0.179. The lowest BCUT2D eigenvalue weighted by Crippen LogP contribution is -2.01. The Hall–Kier alpha value is -4.59. The first-order valence-electron chi connectivity index (χ1n) is 11.5. The SMILES string of the molecule is CCCOc1ccc(C=NNc2nc(-c3ccccc3)cc(-c3ccc(OC)c(OC)c3)n2)c(O)c1. The highest BCUT2D eigenvalue weighted by molar-refractivity contribution is 5.84. The van der Waals surface area contributed by atoms with E-state index in [1.54, 1.807) is 32.4 Å². The number of phenolic OH excluding ortho intramolecular Hbond substituents is 1. The van der Waals surface area contributed by atoms with Crippen LogP contribution in [0.4, 0.5) is 5.95 Å². The molecule has 4 rings (SSSR count). The summed E-state index contributed by atoms with van der Waals surface area (Å²) in [6.45, 7) is 2.61. The standard InChI is InChI=1S/C28H28N4O4/c1-4-14-36-22-12-10-21(25(33)16-22)18-29-32-28-30-23(19-8-6-5-7-9-19)17-24(31-28)20-11-13-26(34-2)27(15-20)35-3/h5-13,15-18,33H,4,14H2,1-3H3,(H,30,31,32). The first kappa shape index (κ1) is 24.5. The first-order chi connectivity index (χ1) is 17.6. The van der Waals surface area contributed by atoms with Crippen molar-refractivity contribution in [3.05, 3.63) is 78.4 Å². The average molecular weight is 485 g/mol. The second kappa shape index (κ2) is 11.7. The molecule has 0 saturated heterocycles. The minimum Gasteiger partial charge on any atom is -0.507 e. The van der Waals surface area contributed by atoms with Gasteiger partial charge in [0.2, 0.25) is 5.95 Å². The van der Waals surface area contributed by atoms with Gasteiger partial charge in [-0.25, -0.2) is 15.4 Å². The van der Waals surface area contributed by atoms with Crippen LogP contribution in [-0.2, 0) is 0 Å². The number of hydrazone groups is 1. The Labute approximate surface area is 210 Å². The number of benzene rings is 3. The second-order valence-corrected chi connectivity index (χ2v) is 7.84. The van der Waals surface area contributed by atoms with Crippen molar-refractivity contribution in [3.63, 3.8) is 0 Å². The topological polar surface area (TPSA) is 98.1 Å². The van der Waals surface area contributed by atoms with Crippen LogP contribution in [0.3, 0.4) is 0 Å². The van der Waals surface area contributed by atoms with Gasteiger partial charge in [-0.1, -0.05) is 37.3 Å². The third-order valence-electron chi connectivity index (χ3n) is 5.32. The van der Waals surface area contributed by atoms with E-state index in [4.69, 9.17) is 14.2 Å². The third-order valence-corrected chi connectivity index (χ3v) is 5.32. The van der Waals surface area contributed by atoms with E-state index >= 15 is 0 Å². The zero-order valence-corrected chi connectivity index (χ0v) is 20.4. The summed E-state index contributed by atoms with van der Waals surface area (Å²) in [7, 11) is 3.19. The predicted molar refractivity (Wildman–Crippen MR) is 141 cm³/mol. The summed E-state index contributed by atoms with van der Waals surface area (Å²) in [5.74, 6) is 2.22. The van der Waals surface area contributed by atoms with Crippen LogP contribution in [0, 0.1) is 0 Å². The number of phenols is 1. The van der Waals surface area contributed by atoms with E-state index < -0.39 is 0 Å². The minimum atomic E-state index is 0.0686. The van der Waals surface area contributed by atoms with E-state index in [-0.39, 0.29) is 5.75 Å². The van der Waals surface area contributed by atoms with Crippen molar-refractivity contribution in [1.29, 1.82) is 0 Å². The molecule has 36 heavy (non-hydrogen) atoms. The molecule has 3 aromatic carbocycles. The largest absolute Gasteiger partial charge is 0.507 e. The smallest absolute Gasteiger partial charge is 0.244 e. The number of nitrogens with one attached hydrogen (secondary N) is 1. The van der Waals surface area contributed by atoms with Crippen LogP contribution in [0.1, 0.15) is 18.9 Å². The number of nitrogens with zero attached hydrogens (tertiary/aromatic N) is 3. The van der Waals surface area contributed by atoms with Gasteiger partial charge in [-0.3, -0.25) is 0 Å². The van der Waals surface area contributed by atoms with Crippen LogP contribution in [0.15, 0.2) is 77.9 Å². The molecule has 8 nitrogen and oxygen atoms in total. The van der Waals surface area contributed by atoms with Gasteiger partial charge in [0.05, 0.1) is 38.4 Å². The highest BCUT2D eigenvalue weighted by atomic mass is 16.5. The second-order valence-electron chi connectivity index (χ2n) is 7.84. The number of hydrogen-bond acceptors (Lipinski definition) is 8. The molecule has 0 amide bonds. The van der Waals surface area contributed by atoms with Gasteiger partial charge in [-0.05, 0) is 42.8 Å². The summed E-state index contributed by atoms with van der Waals surface area (Å²) in [6.07, 6.45) is 2.40. The molecule has 1 aromatic heterocycles. The van der Waals surface area contributed by atoms with Gasteiger partial charge in [0.15, 0.2) is 11.5 Å². The van der Waals surface area contributed by atoms with Gasteiger partial charge >= 0.3 is 0 Å². The predicted octanol–water partition coefficient (Wildman–Crippen LogP) is 5.77. The van der Waals surface area contributed by atoms with Gasteiger partial charge in [-0.2, -0.15) is 5.10 Å². The van der Waals surface area contributed by atoms with Crippen molar-refractivity contribution < 1.29 is 19.3 Å². The number of rotatable bonds is 10. The van der Waals surface area contributed by atoms with Gasteiger partial charge < -0.3 is 19.3 Å². The molecular formula is C28H28N4O4. The van der Waals surface area contributed by atoms with Crippen molar-refractivity contribution in [1.82, 2.24) is 9.97 Å². The molecule has 0 unspecified atom stereocenters. The number of aromatic nitrogens is 2. The van der Waals surface area contributed by atoms with Gasteiger partial charge in [-0.15, -0.1) is 0 Å². The highest BCUT2D eigenvalue weighted by Gasteiger charge is 2.12. The first-order valence-corrected chi connectivity index (χ1v) is 11.5. The van der Waals surface area contributed by atoms with Gasteiger partial charge in [0.25, 0.3) is 0 Å². The number of anilines is 1. The van der Waals surface area contributed by atoms with E-state index in [0.717, 1.165) is 23.2 Å². The molecule has 0 fully saturated rings. The maximum atomic E-state index is 10.3. The Morgan fingerprint density at radius 2 is 1.61 bits per heavy atom. The molecule has 0 radical (unpaired) electrons. The summed E-state index contributed by atoms with van der Waals surface area (Å²) in [5, 5.41) is 14.6. The lowest BCUT2D eigenvalue weighted by atomic mass is 10.1. The monoisotopic (exact) mass is 484 g/mol. The lowest BCUT2D eigenvalue weighted by Gasteiger charge is -2.11. The van der Waals surface area contributed by atoms with Crippen LogP contribution in [-0.4, -0.2) is 42.1 Å². The van der Waals surface area contributed by atoms with Crippen LogP contribution in [0.2, 0.25) is 0 Å². The normalized spacial score (nSPS) is 10.9. The molecule has 0 bridgehead atoms. The van der Waals surface area contributed by atoms with Crippen molar-refractivity contribution in [2.24, 2.45) is 5.10 Å². The maximum absolute atomic E-state index is 10.3. The van der Waals surface area contributed by atoms with Crippen molar-refractivity contribution in [2.45, 2.75) is 13.3 Å². The van der Waals surface area contributed by atoms with Crippen molar-refractivity contribution in [3.8, 4) is 45.5 Å². The molecule has 4 aromatic rings. The van der Waals surface area contributed by atoms with Crippen LogP contribution >= 0.6 is 0 Å². The molecule has 0 aliphatic heterocycles. The van der Waals surface area contributed by atoms with Crippen LogP contribution in [0.25, 0.3) is 22.5 Å². The zero-order chi connectivity index (χ0) is 25.3. The summed E-state index contributed by atoms with van der Waals surface area (Å²) in [5.41, 5.74) is 6.61. The van der Waals surface area contributed by atoms with Gasteiger partial charge in [0.1, 0.15) is 11.5 Å². The van der Waals surface area contributed by atoms with Crippen molar-refractivity contribution >= 4 is 12.2 Å². The van der Waals surface area contributed by atoms with Crippen LogP contribution in [0.5, 0.6) is 23.0 Å². The molecule has 1 heterocycles. The number of hydrogen-bond donors (Lipinski definition) is 2. The minimum absolute atomic E-state index is 0.0686. The third kappa shape index (κ3) is 5.90. The highest BCUT2D eigenvalue weighted by Crippen LogP contribution is 2.33. The molecular weight excluding hydrogens is 456 g/mol.